The molecule has 0 aliphatic rings. The van der Waals surface area contributed by atoms with Crippen LogP contribution < -0.4 is 20.3 Å². The second-order valence-electron chi connectivity index (χ2n) is 5.30. The Morgan fingerprint density at radius 3 is 2.19 bits per heavy atom. The number of amides is 2. The Bertz CT molecular complexity index is 766. The van der Waals surface area contributed by atoms with Crippen molar-refractivity contribution in [3.63, 3.8) is 0 Å². The lowest BCUT2D eigenvalue weighted by Crippen LogP contribution is -2.42. The molecule has 0 aliphatic carbocycles. The van der Waals surface area contributed by atoms with Crippen molar-refractivity contribution in [1.82, 2.24) is 10.9 Å². The summed E-state index contributed by atoms with van der Waals surface area (Å²) in [6, 6.07) is 12.2. The fraction of sp³-hybridized carbons (Fsp3) is 0.263. The summed E-state index contributed by atoms with van der Waals surface area (Å²) in [4.78, 5) is 24.1. The van der Waals surface area contributed by atoms with Gasteiger partial charge in [0.15, 0.2) is 11.5 Å². The van der Waals surface area contributed by atoms with E-state index in [2.05, 4.69) is 26.8 Å². The highest BCUT2D eigenvalue weighted by molar-refractivity contribution is 9.10. The first kappa shape index (κ1) is 19.8. The van der Waals surface area contributed by atoms with Gasteiger partial charge in [-0.1, -0.05) is 34.1 Å². The normalized spacial score (nSPS) is 10.1. The highest BCUT2D eigenvalue weighted by atomic mass is 79.9. The monoisotopic (exact) mass is 420 g/mol. The van der Waals surface area contributed by atoms with E-state index in [1.807, 2.05) is 19.9 Å². The van der Waals surface area contributed by atoms with Crippen LogP contribution in [0.2, 0.25) is 0 Å². The molecule has 26 heavy (non-hydrogen) atoms. The lowest BCUT2D eigenvalue weighted by molar-refractivity contribution is -0.121. The molecule has 2 aromatic carbocycles. The van der Waals surface area contributed by atoms with Gasteiger partial charge in [-0.15, -0.1) is 0 Å². The van der Waals surface area contributed by atoms with Crippen LogP contribution >= 0.6 is 15.9 Å². The average Bonchev–Trinajstić information content (AvgIpc) is 2.64. The Kier molecular flexibility index (Phi) is 7.47. The van der Waals surface area contributed by atoms with Crippen LogP contribution in [0, 0.1) is 0 Å². The van der Waals surface area contributed by atoms with Crippen molar-refractivity contribution >= 4 is 27.7 Å². The van der Waals surface area contributed by atoms with Crippen molar-refractivity contribution in [1.29, 1.82) is 0 Å². The maximum Gasteiger partial charge on any atom is 0.269 e. The van der Waals surface area contributed by atoms with Crippen LogP contribution in [0.1, 0.15) is 29.8 Å². The van der Waals surface area contributed by atoms with E-state index in [0.29, 0.717) is 30.3 Å². The van der Waals surface area contributed by atoms with E-state index in [-0.39, 0.29) is 18.2 Å². The van der Waals surface area contributed by atoms with Gasteiger partial charge in [-0.25, -0.2) is 0 Å². The summed E-state index contributed by atoms with van der Waals surface area (Å²) in [7, 11) is 0. The average molecular weight is 421 g/mol. The maximum atomic E-state index is 12.2. The molecule has 0 radical (unpaired) electrons. The van der Waals surface area contributed by atoms with Crippen LogP contribution in [0.15, 0.2) is 46.9 Å². The Morgan fingerprint density at radius 2 is 1.58 bits per heavy atom. The maximum absolute atomic E-state index is 12.2. The van der Waals surface area contributed by atoms with Gasteiger partial charge >= 0.3 is 0 Å². The fourth-order valence-electron chi connectivity index (χ4n) is 2.25. The SMILES string of the molecule is CCOc1cc(Br)c(CC(=O)NNC(=O)c2ccccc2)cc1OCC. The Hall–Kier alpha value is -2.54. The van der Waals surface area contributed by atoms with Crippen molar-refractivity contribution in [2.24, 2.45) is 0 Å². The van der Waals surface area contributed by atoms with E-state index in [1.165, 1.54) is 0 Å². The lowest BCUT2D eigenvalue weighted by Gasteiger charge is -2.14. The number of hydrogen-bond acceptors (Lipinski definition) is 4. The first-order valence-corrected chi connectivity index (χ1v) is 9.06. The number of halogens is 1. The van der Waals surface area contributed by atoms with E-state index < -0.39 is 0 Å². The van der Waals surface area contributed by atoms with E-state index >= 15 is 0 Å². The minimum absolute atomic E-state index is 0.0716. The number of ether oxygens (including phenoxy) is 2. The van der Waals surface area contributed by atoms with Gasteiger partial charge < -0.3 is 9.47 Å². The Morgan fingerprint density at radius 1 is 0.962 bits per heavy atom. The molecule has 0 saturated heterocycles. The molecular formula is C19H21BrN2O4. The van der Waals surface area contributed by atoms with Crippen LogP contribution in [0.25, 0.3) is 0 Å². The van der Waals surface area contributed by atoms with Gasteiger partial charge in [0.1, 0.15) is 0 Å². The van der Waals surface area contributed by atoms with Gasteiger partial charge in [-0.05, 0) is 43.7 Å². The third-order valence-electron chi connectivity index (χ3n) is 3.41. The van der Waals surface area contributed by atoms with Gasteiger partial charge in [0, 0.05) is 10.0 Å². The van der Waals surface area contributed by atoms with E-state index in [9.17, 15) is 9.59 Å². The van der Waals surface area contributed by atoms with Crippen LogP contribution in [-0.4, -0.2) is 25.0 Å². The molecule has 138 valence electrons. The molecule has 0 fully saturated rings. The molecule has 0 atom stereocenters. The summed E-state index contributed by atoms with van der Waals surface area (Å²) in [5, 5.41) is 0. The quantitative estimate of drug-likeness (QED) is 0.673. The standard InChI is InChI=1S/C19H21BrN2O4/c1-3-25-16-10-14(15(20)12-17(16)26-4-2)11-18(23)21-22-19(24)13-8-6-5-7-9-13/h5-10,12H,3-4,11H2,1-2H3,(H,21,23)(H,22,24). The van der Waals surface area contributed by atoms with E-state index in [4.69, 9.17) is 9.47 Å². The minimum atomic E-state index is -0.375. The first-order chi connectivity index (χ1) is 12.5. The zero-order valence-corrected chi connectivity index (χ0v) is 16.3. The van der Waals surface area contributed by atoms with Crippen molar-refractivity contribution < 1.29 is 19.1 Å². The van der Waals surface area contributed by atoms with Crippen LogP contribution in [0.5, 0.6) is 11.5 Å². The van der Waals surface area contributed by atoms with Crippen LogP contribution in [0.4, 0.5) is 0 Å². The van der Waals surface area contributed by atoms with Crippen molar-refractivity contribution in [2.75, 3.05) is 13.2 Å². The summed E-state index contributed by atoms with van der Waals surface area (Å²) in [5.74, 6) is 0.470. The largest absolute Gasteiger partial charge is 0.490 e. The van der Waals surface area contributed by atoms with Crippen LogP contribution in [0.3, 0.4) is 0 Å². The number of benzene rings is 2. The first-order valence-electron chi connectivity index (χ1n) is 8.27. The summed E-state index contributed by atoms with van der Waals surface area (Å²) in [6.45, 7) is 4.77. The number of nitrogens with one attached hydrogen (secondary N) is 2. The van der Waals surface area contributed by atoms with Crippen LogP contribution in [-0.2, 0) is 11.2 Å². The number of rotatable bonds is 7. The number of hydrazine groups is 1. The molecule has 7 heteroatoms. The highest BCUT2D eigenvalue weighted by Crippen LogP contribution is 2.34. The topological polar surface area (TPSA) is 76.7 Å². The second-order valence-corrected chi connectivity index (χ2v) is 6.16. The molecule has 0 aromatic heterocycles. The molecular weight excluding hydrogens is 400 g/mol. The molecule has 0 bridgehead atoms. The fourth-order valence-corrected chi connectivity index (χ4v) is 2.72. The molecule has 2 N–H and O–H groups in total. The summed E-state index contributed by atoms with van der Waals surface area (Å²) >= 11 is 3.44. The molecule has 0 spiro atoms. The van der Waals surface area contributed by atoms with Gasteiger partial charge in [-0.3, -0.25) is 20.4 Å². The van der Waals surface area contributed by atoms with Crippen molar-refractivity contribution in [2.45, 2.75) is 20.3 Å². The number of hydrogen-bond donors (Lipinski definition) is 2. The molecule has 0 unspecified atom stereocenters. The molecule has 2 amide bonds. The summed E-state index contributed by atoms with van der Waals surface area (Å²) < 4.78 is 11.9. The molecule has 0 aliphatic heterocycles. The molecule has 0 heterocycles. The van der Waals surface area contributed by atoms with Crippen molar-refractivity contribution in [3.05, 3.63) is 58.1 Å². The minimum Gasteiger partial charge on any atom is -0.490 e. The third kappa shape index (κ3) is 5.49. The predicted octanol–water partition coefficient (Wildman–Crippen LogP) is 3.25. The molecule has 2 aromatic rings. The zero-order valence-electron chi connectivity index (χ0n) is 14.7. The third-order valence-corrected chi connectivity index (χ3v) is 4.15. The highest BCUT2D eigenvalue weighted by Gasteiger charge is 2.14. The number of carbonyl (C=O) groups is 2. The van der Waals surface area contributed by atoms with Gasteiger partial charge in [0.05, 0.1) is 19.6 Å². The zero-order chi connectivity index (χ0) is 18.9. The van der Waals surface area contributed by atoms with Gasteiger partial charge in [0.2, 0.25) is 5.91 Å². The summed E-state index contributed by atoms with van der Waals surface area (Å²) in [5.41, 5.74) is 6.01. The number of carbonyl (C=O) groups excluding carboxylic acids is 2. The van der Waals surface area contributed by atoms with Crippen molar-refractivity contribution in [3.8, 4) is 11.5 Å². The summed E-state index contributed by atoms with van der Waals surface area (Å²) in [6.07, 6.45) is 0.0716. The lowest BCUT2D eigenvalue weighted by atomic mass is 10.1. The van der Waals surface area contributed by atoms with Gasteiger partial charge in [-0.2, -0.15) is 0 Å². The molecule has 2 rings (SSSR count). The van der Waals surface area contributed by atoms with E-state index in [1.54, 1.807) is 36.4 Å². The Balaban J connectivity index is 2.01. The Labute approximate surface area is 161 Å². The molecule has 6 nitrogen and oxygen atoms in total. The van der Waals surface area contributed by atoms with Gasteiger partial charge in [0.25, 0.3) is 5.91 Å². The molecule has 0 saturated carbocycles. The second kappa shape index (κ2) is 9.82. The predicted molar refractivity (Wildman–Crippen MR) is 102 cm³/mol. The smallest absolute Gasteiger partial charge is 0.269 e. The van der Waals surface area contributed by atoms with E-state index in [0.717, 1.165) is 10.0 Å².